The van der Waals surface area contributed by atoms with E-state index in [0.29, 0.717) is 18.3 Å². The third-order valence-electron chi connectivity index (χ3n) is 8.01. The van der Waals surface area contributed by atoms with Crippen molar-refractivity contribution in [2.75, 3.05) is 0 Å². The van der Waals surface area contributed by atoms with E-state index in [0.717, 1.165) is 44.8 Å². The molecule has 4 rings (SSSR count). The van der Waals surface area contributed by atoms with E-state index in [1.54, 1.807) is 6.08 Å². The van der Waals surface area contributed by atoms with Gasteiger partial charge in [-0.1, -0.05) is 25.0 Å². The Labute approximate surface area is 144 Å². The standard InChI is InChI=1S/C21H28O3/c1-20-9-7-15(23)11-14(20)3-5-16-17-6-4-13(8-10-22)21(17,2)12-18(24)19(16)20/h8,10-11,16-19,24H,3-7,9,12H2,1-2H3/b13-8-. The minimum Gasteiger partial charge on any atom is -0.393 e. The summed E-state index contributed by atoms with van der Waals surface area (Å²) in [7, 11) is 0. The molecule has 0 bridgehead atoms. The van der Waals surface area contributed by atoms with Crippen molar-refractivity contribution in [2.24, 2.45) is 28.6 Å². The fraction of sp³-hybridized carbons (Fsp3) is 0.714. The van der Waals surface area contributed by atoms with Crippen LogP contribution in [-0.4, -0.2) is 23.3 Å². The number of aliphatic hydroxyl groups is 1. The Hall–Kier alpha value is -1.22. The number of aliphatic hydroxyl groups excluding tert-OH is 1. The lowest BCUT2D eigenvalue weighted by molar-refractivity contribution is -0.124. The monoisotopic (exact) mass is 328 g/mol. The molecule has 0 aromatic rings. The summed E-state index contributed by atoms with van der Waals surface area (Å²) in [5.41, 5.74) is 2.48. The van der Waals surface area contributed by atoms with Crippen molar-refractivity contribution >= 4 is 12.1 Å². The van der Waals surface area contributed by atoms with Crippen molar-refractivity contribution in [2.45, 2.75) is 64.9 Å². The average molecular weight is 328 g/mol. The van der Waals surface area contributed by atoms with Gasteiger partial charge < -0.3 is 5.11 Å². The van der Waals surface area contributed by atoms with Crippen LogP contribution < -0.4 is 0 Å². The normalized spacial score (nSPS) is 49.2. The first-order valence-corrected chi connectivity index (χ1v) is 9.47. The number of aldehydes is 1. The molecule has 0 radical (unpaired) electrons. The lowest BCUT2D eigenvalue weighted by Gasteiger charge is -2.59. The molecule has 1 N–H and O–H groups in total. The Morgan fingerprint density at radius 1 is 1.17 bits per heavy atom. The van der Waals surface area contributed by atoms with Crippen molar-refractivity contribution in [3.63, 3.8) is 0 Å². The van der Waals surface area contributed by atoms with Gasteiger partial charge in [0.2, 0.25) is 0 Å². The minimum absolute atomic E-state index is 0.0191. The Morgan fingerprint density at radius 2 is 1.96 bits per heavy atom. The molecule has 0 aromatic carbocycles. The first-order valence-electron chi connectivity index (χ1n) is 9.47. The fourth-order valence-corrected chi connectivity index (χ4v) is 6.89. The van der Waals surface area contributed by atoms with Crippen LogP contribution in [0.5, 0.6) is 0 Å². The smallest absolute Gasteiger partial charge is 0.155 e. The van der Waals surface area contributed by atoms with Gasteiger partial charge in [-0.2, -0.15) is 0 Å². The van der Waals surface area contributed by atoms with Crippen LogP contribution in [0.15, 0.2) is 23.3 Å². The predicted octanol–water partition coefficient (Wildman–Crippen LogP) is 3.61. The van der Waals surface area contributed by atoms with E-state index in [1.807, 2.05) is 6.08 Å². The second-order valence-electron chi connectivity index (χ2n) is 8.94. The van der Waals surface area contributed by atoms with Crippen LogP contribution in [0, 0.1) is 28.6 Å². The molecule has 24 heavy (non-hydrogen) atoms. The molecule has 6 atom stereocenters. The number of allylic oxidation sites excluding steroid dienone is 3. The molecule has 3 saturated carbocycles. The van der Waals surface area contributed by atoms with E-state index in [9.17, 15) is 14.7 Å². The van der Waals surface area contributed by atoms with Crippen LogP contribution in [-0.2, 0) is 9.59 Å². The van der Waals surface area contributed by atoms with Crippen LogP contribution in [0.3, 0.4) is 0 Å². The SMILES string of the molecule is CC12CCC(=O)C=C1CCC1C2C(O)CC2(C)/C(=C\C=O)CCC12. The number of carbonyl (C=O) groups is 2. The molecule has 4 aliphatic rings. The summed E-state index contributed by atoms with van der Waals surface area (Å²) in [6.45, 7) is 4.54. The van der Waals surface area contributed by atoms with Gasteiger partial charge in [0.25, 0.3) is 0 Å². The zero-order valence-electron chi connectivity index (χ0n) is 14.8. The highest BCUT2D eigenvalue weighted by molar-refractivity contribution is 5.91. The second kappa shape index (κ2) is 5.39. The Kier molecular flexibility index (Phi) is 3.65. The number of carbonyl (C=O) groups excluding carboxylic acids is 2. The molecular formula is C21H28O3. The second-order valence-corrected chi connectivity index (χ2v) is 8.94. The third kappa shape index (κ3) is 2.06. The first kappa shape index (κ1) is 16.3. The lowest BCUT2D eigenvalue weighted by Crippen LogP contribution is -2.55. The van der Waals surface area contributed by atoms with Gasteiger partial charge in [-0.15, -0.1) is 0 Å². The summed E-state index contributed by atoms with van der Waals surface area (Å²) in [5, 5.41) is 11.1. The summed E-state index contributed by atoms with van der Waals surface area (Å²) in [4.78, 5) is 22.9. The minimum atomic E-state index is -0.341. The van der Waals surface area contributed by atoms with Gasteiger partial charge in [-0.25, -0.2) is 0 Å². The van der Waals surface area contributed by atoms with Gasteiger partial charge in [-0.05, 0) is 79.3 Å². The van der Waals surface area contributed by atoms with E-state index in [2.05, 4.69) is 13.8 Å². The maximum absolute atomic E-state index is 11.9. The Morgan fingerprint density at radius 3 is 2.71 bits per heavy atom. The number of ketones is 1. The topological polar surface area (TPSA) is 54.4 Å². The number of hydrogen-bond acceptors (Lipinski definition) is 3. The van der Waals surface area contributed by atoms with Gasteiger partial charge in [0.05, 0.1) is 6.10 Å². The van der Waals surface area contributed by atoms with E-state index in [4.69, 9.17) is 0 Å². The molecule has 3 heteroatoms. The molecule has 130 valence electrons. The highest BCUT2D eigenvalue weighted by Gasteiger charge is 2.60. The van der Waals surface area contributed by atoms with Crippen molar-refractivity contribution < 1.29 is 14.7 Å². The molecule has 3 fully saturated rings. The highest BCUT2D eigenvalue weighted by Crippen LogP contribution is 2.66. The van der Waals surface area contributed by atoms with Gasteiger partial charge >= 0.3 is 0 Å². The molecular weight excluding hydrogens is 300 g/mol. The average Bonchev–Trinajstić information content (AvgIpc) is 2.84. The lowest BCUT2D eigenvalue weighted by atomic mass is 9.46. The fourth-order valence-electron chi connectivity index (χ4n) is 6.89. The molecule has 6 unspecified atom stereocenters. The molecule has 0 aromatic heterocycles. The zero-order valence-corrected chi connectivity index (χ0v) is 14.8. The van der Waals surface area contributed by atoms with E-state index >= 15 is 0 Å². The number of hydrogen-bond donors (Lipinski definition) is 1. The van der Waals surface area contributed by atoms with Gasteiger partial charge in [0.1, 0.15) is 6.29 Å². The largest absolute Gasteiger partial charge is 0.393 e. The molecule has 4 aliphatic carbocycles. The number of rotatable bonds is 1. The predicted molar refractivity (Wildman–Crippen MR) is 92.2 cm³/mol. The highest BCUT2D eigenvalue weighted by atomic mass is 16.3. The van der Waals surface area contributed by atoms with Crippen molar-refractivity contribution in [1.82, 2.24) is 0 Å². The molecule has 0 aliphatic heterocycles. The Balaban J connectivity index is 1.74. The first-order chi connectivity index (χ1) is 11.4. The van der Waals surface area contributed by atoms with Gasteiger partial charge in [0, 0.05) is 6.42 Å². The number of fused-ring (bicyclic) bond motifs is 5. The maximum Gasteiger partial charge on any atom is 0.155 e. The summed E-state index contributed by atoms with van der Waals surface area (Å²) in [5.74, 6) is 1.59. The van der Waals surface area contributed by atoms with Gasteiger partial charge in [-0.3, -0.25) is 9.59 Å². The summed E-state index contributed by atoms with van der Waals surface area (Å²) in [6, 6.07) is 0. The summed E-state index contributed by atoms with van der Waals surface area (Å²) < 4.78 is 0. The van der Waals surface area contributed by atoms with E-state index in [1.165, 1.54) is 11.1 Å². The van der Waals surface area contributed by atoms with E-state index in [-0.39, 0.29) is 28.6 Å². The molecule has 0 amide bonds. The quantitative estimate of drug-likeness (QED) is 0.591. The van der Waals surface area contributed by atoms with Crippen molar-refractivity contribution in [3.05, 3.63) is 23.3 Å². The zero-order chi connectivity index (χ0) is 17.1. The van der Waals surface area contributed by atoms with Gasteiger partial charge in [0.15, 0.2) is 5.78 Å². The third-order valence-corrected chi connectivity index (χ3v) is 8.01. The van der Waals surface area contributed by atoms with Crippen molar-refractivity contribution in [1.29, 1.82) is 0 Å². The van der Waals surface area contributed by atoms with Crippen LogP contribution in [0.2, 0.25) is 0 Å². The maximum atomic E-state index is 11.9. The molecule has 0 heterocycles. The van der Waals surface area contributed by atoms with Crippen molar-refractivity contribution in [3.8, 4) is 0 Å². The molecule has 0 saturated heterocycles. The van der Waals surface area contributed by atoms with Crippen LogP contribution >= 0.6 is 0 Å². The Bertz CT molecular complexity index is 645. The van der Waals surface area contributed by atoms with E-state index < -0.39 is 0 Å². The summed E-state index contributed by atoms with van der Waals surface area (Å²) >= 11 is 0. The summed E-state index contributed by atoms with van der Waals surface area (Å²) in [6.07, 6.45) is 10.7. The van der Waals surface area contributed by atoms with Crippen LogP contribution in [0.4, 0.5) is 0 Å². The van der Waals surface area contributed by atoms with Crippen LogP contribution in [0.1, 0.15) is 58.8 Å². The molecule has 0 spiro atoms. The molecule has 3 nitrogen and oxygen atoms in total. The van der Waals surface area contributed by atoms with Crippen LogP contribution in [0.25, 0.3) is 0 Å².